The molecule has 0 aliphatic carbocycles. The molecule has 0 saturated carbocycles. The van der Waals surface area contributed by atoms with Gasteiger partial charge in [-0.3, -0.25) is 0 Å². The highest BCUT2D eigenvalue weighted by Crippen LogP contribution is 2.49. The van der Waals surface area contributed by atoms with Crippen LogP contribution in [0.3, 0.4) is 0 Å². The highest BCUT2D eigenvalue weighted by atomic mass is 79.9. The van der Waals surface area contributed by atoms with Crippen molar-refractivity contribution in [3.8, 4) is 22.3 Å². The van der Waals surface area contributed by atoms with E-state index in [0.29, 0.717) is 20.9 Å². The summed E-state index contributed by atoms with van der Waals surface area (Å²) < 4.78 is 11.2. The van der Waals surface area contributed by atoms with E-state index in [1.165, 1.54) is 38.1 Å². The van der Waals surface area contributed by atoms with Gasteiger partial charge in [0, 0.05) is 42.0 Å². The number of halogens is 6. The number of carbonyl (C=O) groups excluding carboxylic acids is 2. The van der Waals surface area contributed by atoms with Gasteiger partial charge in [-0.15, -0.1) is 0 Å². The van der Waals surface area contributed by atoms with Gasteiger partial charge >= 0.3 is 11.9 Å². The van der Waals surface area contributed by atoms with Gasteiger partial charge in [0.2, 0.25) is 0 Å². The standard InChI is InChI=1S/C32H20Br2Cl4O4S/c1-41-27(39)11-9-21-23(17-5-3-7-19(33)13-17)15-25(31(37)29(21)35)43-26-16-24(18-6-4-8-20(34)14-18)22(30(36)32(26)38)10-12-28(40)42-2/h3-16H,1-2H3. The van der Waals surface area contributed by atoms with Crippen LogP contribution in [-0.2, 0) is 19.1 Å². The van der Waals surface area contributed by atoms with E-state index in [9.17, 15) is 9.59 Å². The van der Waals surface area contributed by atoms with Crippen molar-refractivity contribution in [2.45, 2.75) is 9.79 Å². The molecule has 0 unspecified atom stereocenters. The van der Waals surface area contributed by atoms with Crippen molar-refractivity contribution in [1.82, 2.24) is 0 Å². The van der Waals surface area contributed by atoms with Gasteiger partial charge in [-0.25, -0.2) is 9.59 Å². The number of hydrogen-bond donors (Lipinski definition) is 0. The van der Waals surface area contributed by atoms with Crippen molar-refractivity contribution < 1.29 is 19.1 Å². The molecule has 0 aliphatic heterocycles. The molecule has 0 aromatic heterocycles. The summed E-state index contributed by atoms with van der Waals surface area (Å²) in [4.78, 5) is 25.0. The maximum absolute atomic E-state index is 11.9. The number of benzene rings is 4. The molecular weight excluding hydrogens is 782 g/mol. The summed E-state index contributed by atoms with van der Waals surface area (Å²) in [7, 11) is 2.59. The van der Waals surface area contributed by atoms with Gasteiger partial charge in [-0.2, -0.15) is 0 Å². The van der Waals surface area contributed by atoms with E-state index in [-0.39, 0.29) is 20.1 Å². The molecule has 0 radical (unpaired) electrons. The van der Waals surface area contributed by atoms with Crippen LogP contribution in [0, 0.1) is 0 Å². The fourth-order valence-electron chi connectivity index (χ4n) is 4.06. The molecule has 4 nitrogen and oxygen atoms in total. The Balaban J connectivity index is 1.93. The molecule has 4 aromatic carbocycles. The molecule has 0 amide bonds. The fraction of sp³-hybridized carbons (Fsp3) is 0.0625. The first-order chi connectivity index (χ1) is 20.5. The van der Waals surface area contributed by atoms with E-state index >= 15 is 0 Å². The molecule has 0 heterocycles. The minimum atomic E-state index is -0.534. The highest BCUT2D eigenvalue weighted by Gasteiger charge is 2.21. The number of ether oxygens (including phenoxy) is 2. The zero-order valence-electron chi connectivity index (χ0n) is 22.4. The molecule has 220 valence electrons. The fourth-order valence-corrected chi connectivity index (χ4v) is 7.02. The van der Waals surface area contributed by atoms with Crippen molar-refractivity contribution in [2.75, 3.05) is 14.2 Å². The van der Waals surface area contributed by atoms with Crippen LogP contribution < -0.4 is 0 Å². The van der Waals surface area contributed by atoms with E-state index in [2.05, 4.69) is 31.9 Å². The largest absolute Gasteiger partial charge is 0.466 e. The lowest BCUT2D eigenvalue weighted by atomic mass is 9.99. The maximum atomic E-state index is 11.9. The third-order valence-corrected chi connectivity index (χ3v) is 10.1. The SMILES string of the molecule is COC(=O)C=Cc1c(-c2cccc(Br)c2)cc(Sc2cc(-c3cccc(Br)c3)c(C=CC(=O)OC)c(Cl)c2Cl)c(Cl)c1Cl. The summed E-state index contributed by atoms with van der Waals surface area (Å²) in [5, 5.41) is 1.02. The molecule has 0 spiro atoms. The lowest BCUT2D eigenvalue weighted by Gasteiger charge is -2.18. The topological polar surface area (TPSA) is 52.6 Å². The average Bonchev–Trinajstić information content (AvgIpc) is 3.00. The molecule has 0 N–H and O–H groups in total. The first-order valence-electron chi connectivity index (χ1n) is 12.3. The van der Waals surface area contributed by atoms with Gasteiger partial charge in [0.15, 0.2) is 0 Å². The van der Waals surface area contributed by atoms with E-state index < -0.39 is 11.9 Å². The maximum Gasteiger partial charge on any atom is 0.330 e. The van der Waals surface area contributed by atoms with Crippen LogP contribution in [-0.4, -0.2) is 26.2 Å². The minimum Gasteiger partial charge on any atom is -0.466 e. The van der Waals surface area contributed by atoms with Crippen LogP contribution >= 0.6 is 90.0 Å². The lowest BCUT2D eigenvalue weighted by Crippen LogP contribution is -1.96. The van der Waals surface area contributed by atoms with Crippen LogP contribution in [0.4, 0.5) is 0 Å². The van der Waals surface area contributed by atoms with Gasteiger partial charge in [0.25, 0.3) is 0 Å². The van der Waals surface area contributed by atoms with Crippen molar-refractivity contribution >= 4 is 114 Å². The highest BCUT2D eigenvalue weighted by molar-refractivity contribution is 9.10. The Kier molecular flexibility index (Phi) is 11.9. The smallest absolute Gasteiger partial charge is 0.330 e. The van der Waals surface area contributed by atoms with E-state index in [4.69, 9.17) is 55.9 Å². The summed E-state index contributed by atoms with van der Waals surface area (Å²) in [6.45, 7) is 0. The number of hydrogen-bond acceptors (Lipinski definition) is 5. The first kappa shape index (κ1) is 33.7. The Morgan fingerprint density at radius 1 is 0.651 bits per heavy atom. The molecule has 0 aliphatic rings. The second-order valence-electron chi connectivity index (χ2n) is 8.76. The summed E-state index contributed by atoms with van der Waals surface area (Å²) in [5.74, 6) is -1.07. The molecule has 0 saturated heterocycles. The van der Waals surface area contributed by atoms with Crippen LogP contribution in [0.1, 0.15) is 11.1 Å². The summed E-state index contributed by atoms with van der Waals surface area (Å²) in [5.41, 5.74) is 4.21. The van der Waals surface area contributed by atoms with Gasteiger partial charge in [0.1, 0.15) is 0 Å². The van der Waals surface area contributed by atoms with Crippen molar-refractivity contribution in [1.29, 1.82) is 0 Å². The number of esters is 2. The van der Waals surface area contributed by atoms with E-state index in [1.54, 1.807) is 12.2 Å². The first-order valence-corrected chi connectivity index (χ1v) is 16.2. The zero-order chi connectivity index (χ0) is 31.3. The minimum absolute atomic E-state index is 0.244. The summed E-state index contributed by atoms with van der Waals surface area (Å²) in [6, 6.07) is 19.1. The monoisotopic (exact) mass is 798 g/mol. The average molecular weight is 802 g/mol. The Morgan fingerprint density at radius 3 is 1.40 bits per heavy atom. The van der Waals surface area contributed by atoms with Crippen LogP contribution in [0.2, 0.25) is 20.1 Å². The molecule has 43 heavy (non-hydrogen) atoms. The third-order valence-electron chi connectivity index (χ3n) is 6.09. The van der Waals surface area contributed by atoms with Crippen molar-refractivity contribution in [3.63, 3.8) is 0 Å². The molecule has 11 heteroatoms. The van der Waals surface area contributed by atoms with Gasteiger partial charge in [-0.05, 0) is 70.8 Å². The van der Waals surface area contributed by atoms with E-state index in [0.717, 1.165) is 31.2 Å². The van der Waals surface area contributed by atoms with Crippen molar-refractivity contribution in [3.05, 3.63) is 113 Å². The Bertz CT molecular complexity index is 1660. The lowest BCUT2D eigenvalue weighted by molar-refractivity contribution is -0.135. The van der Waals surface area contributed by atoms with Gasteiger partial charge in [0.05, 0.1) is 34.3 Å². The quantitative estimate of drug-likeness (QED) is 0.131. The van der Waals surface area contributed by atoms with Crippen LogP contribution in [0.5, 0.6) is 0 Å². The third kappa shape index (κ3) is 8.08. The molecule has 0 bridgehead atoms. The molecule has 0 atom stereocenters. The molecule has 4 aromatic rings. The predicted octanol–water partition coefficient (Wildman–Crippen LogP) is 11.7. The predicted molar refractivity (Wildman–Crippen MR) is 185 cm³/mol. The molecule has 4 rings (SSSR count). The second kappa shape index (κ2) is 15.2. The van der Waals surface area contributed by atoms with Crippen molar-refractivity contribution in [2.24, 2.45) is 0 Å². The van der Waals surface area contributed by atoms with Crippen LogP contribution in [0.25, 0.3) is 34.4 Å². The molecular formula is C32H20Br2Cl4O4S. The number of carbonyl (C=O) groups is 2. The Morgan fingerprint density at radius 2 is 1.05 bits per heavy atom. The van der Waals surface area contributed by atoms with E-state index in [1.807, 2.05) is 60.7 Å². The second-order valence-corrected chi connectivity index (χ2v) is 13.2. The van der Waals surface area contributed by atoms with Gasteiger partial charge < -0.3 is 9.47 Å². The van der Waals surface area contributed by atoms with Gasteiger partial charge in [-0.1, -0.05) is 114 Å². The summed E-state index contributed by atoms with van der Waals surface area (Å²) in [6.07, 6.45) is 5.71. The molecule has 0 fully saturated rings. The zero-order valence-corrected chi connectivity index (χ0v) is 29.4. The number of rotatable bonds is 8. The number of methoxy groups -OCH3 is 2. The Labute approximate surface area is 290 Å². The normalized spacial score (nSPS) is 11.3. The summed E-state index contributed by atoms with van der Waals surface area (Å²) >= 11 is 35.7. The van der Waals surface area contributed by atoms with Crippen LogP contribution in [0.15, 0.2) is 91.6 Å². The Hall–Kier alpha value is -2.23.